The van der Waals surface area contributed by atoms with E-state index in [2.05, 4.69) is 26.7 Å². The Bertz CT molecular complexity index is 551. The molecule has 1 atom stereocenters. The monoisotopic (exact) mass is 306 g/mol. The van der Waals surface area contributed by atoms with Crippen LogP contribution in [0.1, 0.15) is 37.4 Å². The molecular weight excluding hydrogens is 280 g/mol. The van der Waals surface area contributed by atoms with Crippen molar-refractivity contribution in [2.24, 2.45) is 0 Å². The molecule has 6 nitrogen and oxygen atoms in total. The zero-order chi connectivity index (χ0) is 15.5. The van der Waals surface area contributed by atoms with Crippen LogP contribution in [0.15, 0.2) is 10.9 Å². The van der Waals surface area contributed by atoms with Crippen molar-refractivity contribution >= 4 is 0 Å². The first kappa shape index (κ1) is 15.6. The van der Waals surface area contributed by atoms with Crippen molar-refractivity contribution in [2.75, 3.05) is 39.3 Å². The largest absolute Gasteiger partial charge is 0.368 e. The molecule has 2 saturated heterocycles. The van der Waals surface area contributed by atoms with E-state index in [0.29, 0.717) is 18.5 Å². The summed E-state index contributed by atoms with van der Waals surface area (Å²) in [4.78, 5) is 23.9. The van der Waals surface area contributed by atoms with E-state index in [1.807, 2.05) is 6.92 Å². The van der Waals surface area contributed by atoms with Crippen LogP contribution < -0.4 is 5.56 Å². The zero-order valence-electron chi connectivity index (χ0n) is 13.5. The summed E-state index contributed by atoms with van der Waals surface area (Å²) in [5.41, 5.74) is 0.648. The van der Waals surface area contributed by atoms with Crippen LogP contribution in [0.5, 0.6) is 0 Å². The molecule has 1 aromatic heterocycles. The summed E-state index contributed by atoms with van der Waals surface area (Å²) in [6.07, 6.45) is 2.32. The highest BCUT2D eigenvalue weighted by Crippen LogP contribution is 2.24. The van der Waals surface area contributed by atoms with E-state index in [1.54, 1.807) is 0 Å². The molecule has 0 aromatic carbocycles. The van der Waals surface area contributed by atoms with Crippen molar-refractivity contribution in [3.05, 3.63) is 27.9 Å². The van der Waals surface area contributed by atoms with E-state index in [9.17, 15) is 4.79 Å². The van der Waals surface area contributed by atoms with Crippen LogP contribution in [0.25, 0.3) is 0 Å². The fraction of sp³-hybridized carbons (Fsp3) is 0.750. The van der Waals surface area contributed by atoms with Crippen LogP contribution in [-0.2, 0) is 4.74 Å². The molecule has 6 heteroatoms. The predicted molar refractivity (Wildman–Crippen MR) is 85.0 cm³/mol. The molecule has 0 saturated carbocycles. The Kier molecular flexibility index (Phi) is 4.90. The maximum atomic E-state index is 11.6. The highest BCUT2D eigenvalue weighted by molar-refractivity contribution is 5.04. The molecule has 3 heterocycles. The highest BCUT2D eigenvalue weighted by atomic mass is 16.5. The summed E-state index contributed by atoms with van der Waals surface area (Å²) < 4.78 is 5.85. The van der Waals surface area contributed by atoms with Gasteiger partial charge in [0, 0.05) is 30.9 Å². The number of H-pyrrole nitrogens is 1. The molecule has 3 rings (SSSR count). The Morgan fingerprint density at radius 1 is 1.36 bits per heavy atom. The third-order valence-corrected chi connectivity index (χ3v) is 4.81. The van der Waals surface area contributed by atoms with Gasteiger partial charge in [0.25, 0.3) is 5.56 Å². The van der Waals surface area contributed by atoms with Crippen LogP contribution in [0.3, 0.4) is 0 Å². The number of aromatic nitrogens is 2. The quantitative estimate of drug-likeness (QED) is 0.900. The number of rotatable bonds is 3. The van der Waals surface area contributed by atoms with Gasteiger partial charge in [-0.3, -0.25) is 9.69 Å². The first-order valence-electron chi connectivity index (χ1n) is 8.31. The minimum absolute atomic E-state index is 0.0977. The summed E-state index contributed by atoms with van der Waals surface area (Å²) in [5, 5.41) is 0. The zero-order valence-corrected chi connectivity index (χ0v) is 13.5. The number of hydrogen-bond acceptors (Lipinski definition) is 5. The lowest BCUT2D eigenvalue weighted by molar-refractivity contribution is -0.0570. The minimum atomic E-state index is -0.120. The Labute approximate surface area is 131 Å². The van der Waals surface area contributed by atoms with Gasteiger partial charge >= 0.3 is 0 Å². The average molecular weight is 306 g/mol. The number of hydrogen-bond donors (Lipinski definition) is 1. The minimum Gasteiger partial charge on any atom is -0.368 e. The summed E-state index contributed by atoms with van der Waals surface area (Å²) in [7, 11) is 0. The molecule has 22 heavy (non-hydrogen) atoms. The SMILES string of the molecule is CCN1CCC(N2CCOC(c3nc(C)cc(=O)[nH]3)C2)CC1. The molecule has 0 radical (unpaired) electrons. The fourth-order valence-electron chi connectivity index (χ4n) is 3.52. The Morgan fingerprint density at radius 3 is 2.82 bits per heavy atom. The van der Waals surface area contributed by atoms with Crippen LogP contribution in [0, 0.1) is 6.92 Å². The molecule has 2 fully saturated rings. The van der Waals surface area contributed by atoms with Gasteiger partial charge in [-0.15, -0.1) is 0 Å². The molecule has 122 valence electrons. The van der Waals surface area contributed by atoms with Crippen LogP contribution >= 0.6 is 0 Å². The van der Waals surface area contributed by atoms with Crippen LogP contribution in [0.4, 0.5) is 0 Å². The topological polar surface area (TPSA) is 61.5 Å². The molecule has 0 spiro atoms. The molecule has 2 aliphatic rings. The van der Waals surface area contributed by atoms with Crippen LogP contribution in [0.2, 0.25) is 0 Å². The maximum absolute atomic E-state index is 11.6. The van der Waals surface area contributed by atoms with Gasteiger partial charge in [-0.2, -0.15) is 0 Å². The summed E-state index contributed by atoms with van der Waals surface area (Å²) >= 11 is 0. The van der Waals surface area contributed by atoms with Gasteiger partial charge < -0.3 is 14.6 Å². The highest BCUT2D eigenvalue weighted by Gasteiger charge is 2.30. The molecule has 1 N–H and O–H groups in total. The second-order valence-corrected chi connectivity index (χ2v) is 6.29. The third-order valence-electron chi connectivity index (χ3n) is 4.81. The average Bonchev–Trinajstić information content (AvgIpc) is 2.54. The van der Waals surface area contributed by atoms with Crippen molar-refractivity contribution in [3.63, 3.8) is 0 Å². The van der Waals surface area contributed by atoms with E-state index >= 15 is 0 Å². The van der Waals surface area contributed by atoms with E-state index in [1.165, 1.54) is 32.0 Å². The lowest BCUT2D eigenvalue weighted by atomic mass is 10.0. The van der Waals surface area contributed by atoms with Gasteiger partial charge in [-0.25, -0.2) is 4.98 Å². The summed E-state index contributed by atoms with van der Waals surface area (Å²) in [6, 6.07) is 2.15. The maximum Gasteiger partial charge on any atom is 0.251 e. The fourth-order valence-corrected chi connectivity index (χ4v) is 3.52. The Morgan fingerprint density at radius 2 is 2.14 bits per heavy atom. The molecule has 0 bridgehead atoms. The first-order valence-corrected chi connectivity index (χ1v) is 8.31. The number of ether oxygens (including phenoxy) is 1. The number of aryl methyl sites for hydroxylation is 1. The van der Waals surface area contributed by atoms with Crippen molar-refractivity contribution in [1.82, 2.24) is 19.8 Å². The normalized spacial score (nSPS) is 25.5. The van der Waals surface area contributed by atoms with Crippen molar-refractivity contribution in [1.29, 1.82) is 0 Å². The van der Waals surface area contributed by atoms with Gasteiger partial charge in [0.15, 0.2) is 0 Å². The van der Waals surface area contributed by atoms with Gasteiger partial charge in [0.1, 0.15) is 11.9 Å². The van der Waals surface area contributed by atoms with E-state index < -0.39 is 0 Å². The summed E-state index contributed by atoms with van der Waals surface area (Å²) in [5.74, 6) is 0.667. The second kappa shape index (κ2) is 6.89. The molecule has 0 aliphatic carbocycles. The van der Waals surface area contributed by atoms with Gasteiger partial charge in [-0.05, 0) is 39.4 Å². The number of morpholine rings is 1. The smallest absolute Gasteiger partial charge is 0.251 e. The first-order chi connectivity index (χ1) is 10.7. The number of piperidine rings is 1. The summed E-state index contributed by atoms with van der Waals surface area (Å²) in [6.45, 7) is 10.1. The Balaban J connectivity index is 1.65. The molecule has 1 unspecified atom stereocenters. The van der Waals surface area contributed by atoms with E-state index in [0.717, 1.165) is 25.3 Å². The van der Waals surface area contributed by atoms with E-state index in [-0.39, 0.29) is 11.7 Å². The van der Waals surface area contributed by atoms with Crippen molar-refractivity contribution in [2.45, 2.75) is 38.8 Å². The molecule has 1 aromatic rings. The molecular formula is C16H26N4O2. The lowest BCUT2D eigenvalue weighted by Crippen LogP contribution is -2.49. The van der Waals surface area contributed by atoms with Gasteiger partial charge in [0.05, 0.1) is 6.61 Å². The van der Waals surface area contributed by atoms with Gasteiger partial charge in [-0.1, -0.05) is 6.92 Å². The predicted octanol–water partition coefficient (Wildman–Crippen LogP) is 0.936. The third kappa shape index (κ3) is 3.56. The second-order valence-electron chi connectivity index (χ2n) is 6.29. The van der Waals surface area contributed by atoms with Crippen molar-refractivity contribution < 1.29 is 4.74 Å². The Hall–Kier alpha value is -1.24. The van der Waals surface area contributed by atoms with Crippen molar-refractivity contribution in [3.8, 4) is 0 Å². The lowest BCUT2D eigenvalue weighted by Gasteiger charge is -2.41. The van der Waals surface area contributed by atoms with E-state index in [4.69, 9.17) is 4.74 Å². The number of aromatic amines is 1. The molecule has 2 aliphatic heterocycles. The van der Waals surface area contributed by atoms with Crippen LogP contribution in [-0.4, -0.2) is 65.1 Å². The number of likely N-dealkylation sites (tertiary alicyclic amines) is 1. The number of nitrogens with one attached hydrogen (secondary N) is 1. The van der Waals surface area contributed by atoms with Gasteiger partial charge in [0.2, 0.25) is 0 Å². The standard InChI is InChI=1S/C16H26N4O2/c1-3-19-6-4-13(5-7-19)20-8-9-22-14(11-20)16-17-12(2)10-15(21)18-16/h10,13-14H,3-9,11H2,1-2H3,(H,17,18,21). The molecule has 0 amide bonds. The number of nitrogens with zero attached hydrogens (tertiary/aromatic N) is 3.